The summed E-state index contributed by atoms with van der Waals surface area (Å²) in [5, 5.41) is 2.86. The van der Waals surface area contributed by atoms with E-state index in [1.165, 1.54) is 0 Å². The monoisotopic (exact) mass is 320 g/mol. The van der Waals surface area contributed by atoms with Gasteiger partial charge in [0.05, 0.1) is 5.88 Å². The van der Waals surface area contributed by atoms with Crippen molar-refractivity contribution in [3.05, 3.63) is 40.2 Å². The molecule has 1 aliphatic heterocycles. The smallest absolute Gasteiger partial charge is 0.138 e. The van der Waals surface area contributed by atoms with Crippen molar-refractivity contribution in [1.29, 1.82) is 0 Å². The molecule has 0 unspecified atom stereocenters. The van der Waals surface area contributed by atoms with E-state index >= 15 is 0 Å². The Morgan fingerprint density at radius 1 is 1.41 bits per heavy atom. The molecule has 0 amide bonds. The summed E-state index contributed by atoms with van der Waals surface area (Å²) in [6.45, 7) is 1.85. The predicted molar refractivity (Wildman–Crippen MR) is 66.6 cm³/mol. The van der Waals surface area contributed by atoms with Gasteiger partial charge in [0.25, 0.3) is 0 Å². The van der Waals surface area contributed by atoms with Crippen LogP contribution in [0.1, 0.15) is 5.56 Å². The first-order chi connectivity index (χ1) is 7.68. The summed E-state index contributed by atoms with van der Waals surface area (Å²) in [6.07, 6.45) is 1.91. The van der Waals surface area contributed by atoms with Gasteiger partial charge >= 0.3 is 0 Å². The third kappa shape index (κ3) is 1.96. The molecule has 3 nitrogen and oxygen atoms in total. The zero-order valence-electron chi connectivity index (χ0n) is 9.73. The maximum atomic E-state index is 12.0. The van der Waals surface area contributed by atoms with Gasteiger partial charge in [0.15, 0.2) is 0 Å². The van der Waals surface area contributed by atoms with E-state index in [1.807, 2.05) is 26.2 Å². The second-order valence-electron chi connectivity index (χ2n) is 4.00. The van der Waals surface area contributed by atoms with Gasteiger partial charge in [0.2, 0.25) is 0 Å². The van der Waals surface area contributed by atoms with E-state index in [0.29, 0.717) is 0 Å². The average molecular weight is 320 g/mol. The third-order valence-corrected chi connectivity index (χ3v) is 3.98. The molecule has 0 saturated carbocycles. The van der Waals surface area contributed by atoms with Crippen molar-refractivity contribution in [3.8, 4) is 0 Å². The van der Waals surface area contributed by atoms with Crippen LogP contribution in [0.15, 0.2) is 28.0 Å². The van der Waals surface area contributed by atoms with Gasteiger partial charge in [-0.2, -0.15) is 30.0 Å². The van der Waals surface area contributed by atoms with E-state index in [9.17, 15) is 4.79 Å². The second-order valence-corrected chi connectivity index (χ2v) is 4.99. The fourth-order valence-corrected chi connectivity index (χ4v) is 2.94. The van der Waals surface area contributed by atoms with Gasteiger partial charge in [-0.1, -0.05) is 10.3 Å². The van der Waals surface area contributed by atoms with Crippen LogP contribution >= 0.6 is 11.8 Å². The number of aromatic nitrogens is 1. The molecule has 0 atom stereocenters. The van der Waals surface area contributed by atoms with Crippen LogP contribution in [0, 0.1) is 13.0 Å². The summed E-state index contributed by atoms with van der Waals surface area (Å²) in [6, 6.07) is 6.78. The van der Waals surface area contributed by atoms with Crippen molar-refractivity contribution in [2.45, 2.75) is 11.8 Å². The zero-order chi connectivity index (χ0) is 11.3. The first-order valence-electron chi connectivity index (χ1n) is 5.09. The SMILES string of the molecule is Cc1cn2c3c(c[c-]cc3c1=O)SCN2C.[Y]. The molecular formula is C12H11N2OSY-. The van der Waals surface area contributed by atoms with E-state index in [-0.39, 0.29) is 38.1 Å². The standard InChI is InChI=1S/C12H11N2OS.Y/c1-8-6-14-11-9(12(8)15)4-3-5-10(11)16-7-13(14)2;/h4-6H,7H2,1-2H3;/q-1;. The number of thioether (sulfide) groups is 1. The number of rotatable bonds is 0. The maximum Gasteiger partial charge on any atom is 0.138 e. The summed E-state index contributed by atoms with van der Waals surface area (Å²) in [7, 11) is 2.02. The fourth-order valence-electron chi connectivity index (χ4n) is 2.00. The number of pyridine rings is 1. The largest absolute Gasteiger partial charge is 0.308 e. The van der Waals surface area contributed by atoms with Crippen LogP contribution in [0.2, 0.25) is 0 Å². The van der Waals surface area contributed by atoms with Gasteiger partial charge in [-0.25, -0.2) is 0 Å². The molecular weight excluding hydrogens is 309 g/mol. The van der Waals surface area contributed by atoms with Crippen molar-refractivity contribution in [2.75, 3.05) is 17.9 Å². The first kappa shape index (κ1) is 13.1. The molecule has 3 rings (SSSR count). The average Bonchev–Trinajstić information content (AvgIpc) is 2.29. The molecule has 0 fully saturated rings. The van der Waals surface area contributed by atoms with Gasteiger partial charge < -0.3 is 9.80 Å². The molecule has 1 radical (unpaired) electrons. The van der Waals surface area contributed by atoms with Gasteiger partial charge in [-0.05, 0) is 12.4 Å². The number of benzene rings is 1. The van der Waals surface area contributed by atoms with Crippen molar-refractivity contribution < 1.29 is 32.7 Å². The molecule has 0 bridgehead atoms. The molecule has 0 spiro atoms. The van der Waals surface area contributed by atoms with Crippen LogP contribution in [-0.4, -0.2) is 17.6 Å². The number of hydrogen-bond acceptors (Lipinski definition) is 3. The Morgan fingerprint density at radius 2 is 2.18 bits per heavy atom. The van der Waals surface area contributed by atoms with E-state index in [1.54, 1.807) is 17.8 Å². The molecule has 1 aromatic heterocycles. The number of nitrogens with zero attached hydrogens (tertiary/aromatic N) is 2. The third-order valence-electron chi connectivity index (χ3n) is 2.85. The summed E-state index contributed by atoms with van der Waals surface area (Å²) in [4.78, 5) is 13.2. The molecule has 0 aliphatic carbocycles. The molecule has 2 heterocycles. The molecule has 85 valence electrons. The van der Waals surface area contributed by atoms with Crippen LogP contribution in [0.5, 0.6) is 0 Å². The van der Waals surface area contributed by atoms with Crippen LogP contribution in [0.4, 0.5) is 0 Å². The van der Waals surface area contributed by atoms with Crippen molar-refractivity contribution >= 4 is 22.7 Å². The van der Waals surface area contributed by atoms with Gasteiger partial charge in [0.1, 0.15) is 5.43 Å². The van der Waals surface area contributed by atoms with Crippen LogP contribution in [-0.2, 0) is 32.7 Å². The second kappa shape index (κ2) is 4.75. The van der Waals surface area contributed by atoms with Crippen LogP contribution in [0.25, 0.3) is 10.9 Å². The van der Waals surface area contributed by atoms with Crippen molar-refractivity contribution in [1.82, 2.24) is 4.68 Å². The Bertz CT molecular complexity index is 638. The molecule has 0 N–H and O–H groups in total. The van der Waals surface area contributed by atoms with Gasteiger partial charge in [0, 0.05) is 51.5 Å². The normalized spacial score (nSPS) is 13.6. The summed E-state index contributed by atoms with van der Waals surface area (Å²) in [5.74, 6) is 0.891. The molecule has 1 aliphatic rings. The Morgan fingerprint density at radius 3 is 2.94 bits per heavy atom. The zero-order valence-corrected chi connectivity index (χ0v) is 13.4. The Kier molecular flexibility index (Phi) is 3.67. The van der Waals surface area contributed by atoms with E-state index < -0.39 is 0 Å². The fraction of sp³-hybridized carbons (Fsp3) is 0.250. The Labute approximate surface area is 129 Å². The summed E-state index contributed by atoms with van der Waals surface area (Å²) < 4.78 is 2.06. The first-order valence-corrected chi connectivity index (χ1v) is 6.07. The number of aryl methyl sites for hydroxylation is 1. The number of hydrogen-bond donors (Lipinski definition) is 0. The van der Waals surface area contributed by atoms with Crippen molar-refractivity contribution in [2.24, 2.45) is 0 Å². The van der Waals surface area contributed by atoms with Crippen LogP contribution < -0.4 is 10.4 Å². The molecule has 1 aromatic carbocycles. The van der Waals surface area contributed by atoms with E-state index in [4.69, 9.17) is 0 Å². The van der Waals surface area contributed by atoms with E-state index in [0.717, 1.165) is 27.2 Å². The van der Waals surface area contributed by atoms with Gasteiger partial charge in [-0.3, -0.25) is 4.68 Å². The van der Waals surface area contributed by atoms with E-state index in [2.05, 4.69) is 15.8 Å². The topological polar surface area (TPSA) is 25.2 Å². The quantitative estimate of drug-likeness (QED) is 0.692. The summed E-state index contributed by atoms with van der Waals surface area (Å²) in [5.41, 5.74) is 1.89. The Hall–Kier alpha value is -0.316. The van der Waals surface area contributed by atoms with Crippen LogP contribution in [0.3, 0.4) is 0 Å². The molecule has 5 heteroatoms. The molecule has 2 aromatic rings. The predicted octanol–water partition coefficient (Wildman–Crippen LogP) is 1.74. The molecule has 17 heavy (non-hydrogen) atoms. The minimum atomic E-state index is 0. The van der Waals surface area contributed by atoms with Gasteiger partial charge in [-0.15, -0.1) is 0 Å². The van der Waals surface area contributed by atoms with Crippen molar-refractivity contribution in [3.63, 3.8) is 0 Å². The minimum Gasteiger partial charge on any atom is -0.308 e. The maximum absolute atomic E-state index is 12.0. The Balaban J connectivity index is 0.00000108. The molecule has 0 saturated heterocycles. The summed E-state index contributed by atoms with van der Waals surface area (Å²) >= 11 is 1.74. The minimum absolute atomic E-state index is 0.